The van der Waals surface area contributed by atoms with Gasteiger partial charge in [0.1, 0.15) is 0 Å². The van der Waals surface area contributed by atoms with Gasteiger partial charge in [-0.2, -0.15) is 5.26 Å². The molecule has 0 amide bonds. The Morgan fingerprint density at radius 1 is 1.29 bits per heavy atom. The van der Waals surface area contributed by atoms with Gasteiger partial charge in [-0.1, -0.05) is 19.3 Å². The van der Waals surface area contributed by atoms with Crippen LogP contribution in [-0.4, -0.2) is 35.2 Å². The Hall–Kier alpha value is -0.590. The van der Waals surface area contributed by atoms with E-state index in [0.717, 1.165) is 25.9 Å². The Labute approximate surface area is 105 Å². The summed E-state index contributed by atoms with van der Waals surface area (Å²) in [5.41, 5.74) is 0. The van der Waals surface area contributed by atoms with Crippen LogP contribution in [0.3, 0.4) is 0 Å². The maximum Gasteiger partial charge on any atom is 0.0639 e. The first-order chi connectivity index (χ1) is 8.24. The molecule has 1 aliphatic carbocycles. The van der Waals surface area contributed by atoms with Crippen molar-refractivity contribution in [3.05, 3.63) is 0 Å². The summed E-state index contributed by atoms with van der Waals surface area (Å²) in [6.45, 7) is 3.69. The predicted molar refractivity (Wildman–Crippen MR) is 69.6 cm³/mol. The summed E-state index contributed by atoms with van der Waals surface area (Å²) in [5, 5.41) is 18.1. The van der Waals surface area contributed by atoms with Crippen molar-refractivity contribution in [1.82, 2.24) is 4.90 Å². The number of unbranched alkanes of at least 4 members (excludes halogenated alkanes) is 2. The number of nitrogens with zero attached hydrogens (tertiary/aromatic N) is 2. The van der Waals surface area contributed by atoms with Gasteiger partial charge in [0, 0.05) is 19.0 Å². The maximum absolute atomic E-state index is 9.56. The second-order valence-corrected chi connectivity index (χ2v) is 5.25. The molecule has 3 nitrogen and oxygen atoms in total. The van der Waals surface area contributed by atoms with Crippen molar-refractivity contribution < 1.29 is 5.11 Å². The van der Waals surface area contributed by atoms with E-state index in [1.54, 1.807) is 0 Å². The van der Waals surface area contributed by atoms with Crippen molar-refractivity contribution in [3.8, 4) is 6.07 Å². The smallest absolute Gasteiger partial charge is 0.0639 e. The number of hydrogen-bond donors (Lipinski definition) is 1. The third-order valence-electron chi connectivity index (χ3n) is 3.57. The van der Waals surface area contributed by atoms with Crippen molar-refractivity contribution in [2.75, 3.05) is 13.1 Å². The minimum absolute atomic E-state index is 0.243. The van der Waals surface area contributed by atoms with Crippen molar-refractivity contribution in [1.29, 1.82) is 5.26 Å². The highest BCUT2D eigenvalue weighted by Gasteiger charge is 2.21. The van der Waals surface area contributed by atoms with Gasteiger partial charge < -0.3 is 5.11 Å². The molecule has 17 heavy (non-hydrogen) atoms. The van der Waals surface area contributed by atoms with Crippen LogP contribution in [-0.2, 0) is 0 Å². The van der Waals surface area contributed by atoms with E-state index in [9.17, 15) is 5.11 Å². The second kappa shape index (κ2) is 8.49. The third-order valence-corrected chi connectivity index (χ3v) is 3.57. The van der Waals surface area contributed by atoms with Gasteiger partial charge in [0.25, 0.3) is 0 Å². The summed E-state index contributed by atoms with van der Waals surface area (Å²) in [6, 6.07) is 2.86. The lowest BCUT2D eigenvalue weighted by Crippen LogP contribution is -2.41. The van der Waals surface area contributed by atoms with Crippen molar-refractivity contribution >= 4 is 0 Å². The molecule has 1 N–H and O–H groups in total. The molecule has 3 heteroatoms. The van der Waals surface area contributed by atoms with E-state index in [1.807, 2.05) is 6.92 Å². The first-order valence-corrected chi connectivity index (χ1v) is 7.03. The fraction of sp³-hybridized carbons (Fsp3) is 0.929. The molecule has 0 aliphatic heterocycles. The van der Waals surface area contributed by atoms with Crippen LogP contribution in [0.5, 0.6) is 0 Å². The zero-order chi connectivity index (χ0) is 12.5. The average Bonchev–Trinajstić information content (AvgIpc) is 2.34. The zero-order valence-electron chi connectivity index (χ0n) is 11.1. The van der Waals surface area contributed by atoms with Gasteiger partial charge in [0.05, 0.1) is 12.2 Å². The molecule has 0 spiro atoms. The highest BCUT2D eigenvalue weighted by molar-refractivity contribution is 4.77. The number of rotatable bonds is 7. The molecule has 0 heterocycles. The van der Waals surface area contributed by atoms with Gasteiger partial charge in [-0.25, -0.2) is 0 Å². The minimum atomic E-state index is -0.243. The van der Waals surface area contributed by atoms with E-state index >= 15 is 0 Å². The largest absolute Gasteiger partial charge is 0.392 e. The van der Waals surface area contributed by atoms with Crippen molar-refractivity contribution in [2.45, 2.75) is 70.4 Å². The Kier molecular flexibility index (Phi) is 7.23. The van der Waals surface area contributed by atoms with E-state index in [4.69, 9.17) is 5.26 Å². The Balaban J connectivity index is 2.33. The number of nitriles is 1. The van der Waals surface area contributed by atoms with Crippen LogP contribution in [0.25, 0.3) is 0 Å². The SMILES string of the molecule is CC(O)CN(CCCCC#N)C1CCCCC1. The van der Waals surface area contributed by atoms with Gasteiger partial charge in [0.15, 0.2) is 0 Å². The molecule has 0 bridgehead atoms. The normalized spacial score (nSPS) is 19.2. The molecule has 1 atom stereocenters. The highest BCUT2D eigenvalue weighted by atomic mass is 16.3. The van der Waals surface area contributed by atoms with Gasteiger partial charge in [-0.05, 0) is 39.2 Å². The molecular formula is C14H26N2O. The molecule has 0 aromatic carbocycles. The van der Waals surface area contributed by atoms with Crippen LogP contribution < -0.4 is 0 Å². The van der Waals surface area contributed by atoms with E-state index in [1.165, 1.54) is 32.1 Å². The number of aliphatic hydroxyl groups is 1. The van der Waals surface area contributed by atoms with Crippen LogP contribution in [0.2, 0.25) is 0 Å². The van der Waals surface area contributed by atoms with E-state index in [-0.39, 0.29) is 6.10 Å². The maximum atomic E-state index is 9.56. The monoisotopic (exact) mass is 238 g/mol. The summed E-state index contributed by atoms with van der Waals surface area (Å²) in [6.07, 6.45) is 9.08. The molecule has 0 aromatic rings. The lowest BCUT2D eigenvalue weighted by atomic mass is 9.93. The summed E-state index contributed by atoms with van der Waals surface area (Å²) < 4.78 is 0. The van der Waals surface area contributed by atoms with Crippen LogP contribution in [0.4, 0.5) is 0 Å². The van der Waals surface area contributed by atoms with Crippen molar-refractivity contribution in [3.63, 3.8) is 0 Å². The molecule has 1 fully saturated rings. The molecule has 0 radical (unpaired) electrons. The molecule has 1 unspecified atom stereocenters. The molecule has 1 rings (SSSR count). The summed E-state index contributed by atoms with van der Waals surface area (Å²) in [7, 11) is 0. The quantitative estimate of drug-likeness (QED) is 0.694. The molecule has 1 aliphatic rings. The van der Waals surface area contributed by atoms with Crippen LogP contribution in [0, 0.1) is 11.3 Å². The first-order valence-electron chi connectivity index (χ1n) is 7.03. The van der Waals surface area contributed by atoms with Crippen LogP contribution in [0.1, 0.15) is 58.3 Å². The van der Waals surface area contributed by atoms with Gasteiger partial charge in [-0.3, -0.25) is 4.90 Å². The lowest BCUT2D eigenvalue weighted by Gasteiger charge is -2.35. The van der Waals surface area contributed by atoms with E-state index < -0.39 is 0 Å². The molecular weight excluding hydrogens is 212 g/mol. The van der Waals surface area contributed by atoms with Crippen molar-refractivity contribution in [2.24, 2.45) is 0 Å². The lowest BCUT2D eigenvalue weighted by molar-refractivity contribution is 0.0812. The standard InChI is InChI=1S/C14H26N2O/c1-13(17)12-16(11-7-3-6-10-15)14-8-4-2-5-9-14/h13-14,17H,2-9,11-12H2,1H3. The molecule has 1 saturated carbocycles. The zero-order valence-corrected chi connectivity index (χ0v) is 11.1. The van der Waals surface area contributed by atoms with Crippen LogP contribution >= 0.6 is 0 Å². The Morgan fingerprint density at radius 3 is 2.59 bits per heavy atom. The topological polar surface area (TPSA) is 47.3 Å². The minimum Gasteiger partial charge on any atom is -0.392 e. The summed E-state index contributed by atoms with van der Waals surface area (Å²) in [4.78, 5) is 2.45. The highest BCUT2D eigenvalue weighted by Crippen LogP contribution is 2.23. The third kappa shape index (κ3) is 6.05. The van der Waals surface area contributed by atoms with E-state index in [2.05, 4.69) is 11.0 Å². The second-order valence-electron chi connectivity index (χ2n) is 5.25. The number of hydrogen-bond acceptors (Lipinski definition) is 3. The van der Waals surface area contributed by atoms with Gasteiger partial charge >= 0.3 is 0 Å². The summed E-state index contributed by atoms with van der Waals surface area (Å²) in [5.74, 6) is 0. The fourth-order valence-corrected chi connectivity index (χ4v) is 2.73. The first kappa shape index (κ1) is 14.5. The van der Waals surface area contributed by atoms with Gasteiger partial charge in [-0.15, -0.1) is 0 Å². The summed E-state index contributed by atoms with van der Waals surface area (Å²) >= 11 is 0. The average molecular weight is 238 g/mol. The predicted octanol–water partition coefficient (Wildman–Crippen LogP) is 2.70. The molecule has 0 aromatic heterocycles. The Bertz CT molecular complexity index is 229. The molecule has 98 valence electrons. The fourth-order valence-electron chi connectivity index (χ4n) is 2.73. The van der Waals surface area contributed by atoms with Gasteiger partial charge in [0.2, 0.25) is 0 Å². The molecule has 0 saturated heterocycles. The number of aliphatic hydroxyl groups excluding tert-OH is 1. The van der Waals surface area contributed by atoms with E-state index in [0.29, 0.717) is 12.5 Å². The van der Waals surface area contributed by atoms with Crippen LogP contribution in [0.15, 0.2) is 0 Å². The Morgan fingerprint density at radius 2 is 2.00 bits per heavy atom.